The molecule has 0 fully saturated rings. The second-order valence-electron chi connectivity index (χ2n) is 11.2. The first-order chi connectivity index (χ1) is 15.0. The van der Waals surface area contributed by atoms with Gasteiger partial charge in [0.15, 0.2) is 0 Å². The van der Waals surface area contributed by atoms with E-state index >= 15 is 0 Å². The number of hydrogen-bond donors (Lipinski definition) is 2. The van der Waals surface area contributed by atoms with E-state index in [2.05, 4.69) is 34.6 Å². The molecule has 0 aromatic rings. The van der Waals surface area contributed by atoms with Crippen molar-refractivity contribution in [3.8, 4) is 0 Å². The van der Waals surface area contributed by atoms with Crippen LogP contribution in [-0.2, 0) is 14.3 Å². The number of hydrogen-bond acceptors (Lipinski definition) is 5. The van der Waals surface area contributed by atoms with E-state index in [1.165, 1.54) is 0 Å². The lowest BCUT2D eigenvalue weighted by Crippen LogP contribution is -2.17. The van der Waals surface area contributed by atoms with Crippen LogP contribution in [-0.4, -0.2) is 34.4 Å². The van der Waals surface area contributed by atoms with E-state index in [-0.39, 0.29) is 17.6 Å². The van der Waals surface area contributed by atoms with Gasteiger partial charge in [-0.15, -0.1) is 0 Å². The molecule has 0 aromatic carbocycles. The molecular weight excluding hydrogens is 404 g/mol. The minimum absolute atomic E-state index is 0.161. The maximum atomic E-state index is 11.8. The molecule has 2 N–H and O–H groups in total. The lowest BCUT2D eigenvalue weighted by molar-refractivity contribution is -0.159. The van der Waals surface area contributed by atoms with E-state index in [0.717, 1.165) is 89.9 Å². The summed E-state index contributed by atoms with van der Waals surface area (Å²) in [5, 5.41) is 19.8. The molecule has 0 saturated heterocycles. The number of rotatable bonds is 19. The summed E-state index contributed by atoms with van der Waals surface area (Å²) in [4.78, 5) is 23.6. The quantitative estimate of drug-likeness (QED) is 0.128. The van der Waals surface area contributed by atoms with Gasteiger partial charge in [0.25, 0.3) is 0 Å². The molecule has 0 rings (SSSR count). The van der Waals surface area contributed by atoms with E-state index in [1.807, 2.05) is 0 Å². The van der Waals surface area contributed by atoms with Gasteiger partial charge < -0.3 is 14.9 Å². The molecular formula is C27H52O5. The molecule has 2 atom stereocenters. The third-order valence-electron chi connectivity index (χ3n) is 5.66. The molecule has 0 aliphatic heterocycles. The number of aliphatic hydroxyl groups excluding tert-OH is 2. The Hall–Kier alpha value is -0.940. The van der Waals surface area contributed by atoms with Gasteiger partial charge in [-0.2, -0.15) is 0 Å². The zero-order valence-electron chi connectivity index (χ0n) is 21.7. The fourth-order valence-electron chi connectivity index (χ4n) is 4.06. The maximum absolute atomic E-state index is 11.8. The summed E-state index contributed by atoms with van der Waals surface area (Å²) in [7, 11) is 0. The normalized spacial score (nSPS) is 13.9. The van der Waals surface area contributed by atoms with Gasteiger partial charge in [0.2, 0.25) is 0 Å². The second-order valence-corrected chi connectivity index (χ2v) is 11.2. The van der Waals surface area contributed by atoms with Crippen LogP contribution in [0.15, 0.2) is 0 Å². The van der Waals surface area contributed by atoms with Gasteiger partial charge >= 0.3 is 11.9 Å². The van der Waals surface area contributed by atoms with Gasteiger partial charge in [-0.1, -0.05) is 86.0 Å². The number of esters is 2. The van der Waals surface area contributed by atoms with Crippen LogP contribution in [0.1, 0.15) is 137 Å². The Morgan fingerprint density at radius 1 is 0.688 bits per heavy atom. The molecule has 0 aliphatic carbocycles. The van der Waals surface area contributed by atoms with Gasteiger partial charge in [-0.3, -0.25) is 9.59 Å². The predicted octanol–water partition coefficient (Wildman–Crippen LogP) is 6.72. The Labute approximate surface area is 197 Å². The number of carbonyl (C=O) groups is 2. The summed E-state index contributed by atoms with van der Waals surface area (Å²) in [6.45, 7) is 10.7. The topological polar surface area (TPSA) is 83.8 Å². The van der Waals surface area contributed by atoms with Gasteiger partial charge in [-0.25, -0.2) is 0 Å². The number of carbonyl (C=O) groups excluding carboxylic acids is 2. The van der Waals surface area contributed by atoms with Crippen LogP contribution in [0.25, 0.3) is 0 Å². The molecule has 0 bridgehead atoms. The first-order valence-electron chi connectivity index (χ1n) is 13.1. The van der Waals surface area contributed by atoms with E-state index in [4.69, 9.17) is 4.74 Å². The van der Waals surface area contributed by atoms with E-state index in [1.54, 1.807) is 0 Å². The summed E-state index contributed by atoms with van der Waals surface area (Å²) in [5.41, 5.74) is 0.161. The summed E-state index contributed by atoms with van der Waals surface area (Å²) in [6, 6.07) is 0. The molecule has 2 unspecified atom stereocenters. The molecule has 0 heterocycles. The lowest BCUT2D eigenvalue weighted by atomic mass is 9.87. The van der Waals surface area contributed by atoms with Crippen molar-refractivity contribution in [2.75, 3.05) is 0 Å². The van der Waals surface area contributed by atoms with Crippen LogP contribution < -0.4 is 0 Å². The number of ether oxygens (including phenoxy) is 1. The third kappa shape index (κ3) is 22.3. The van der Waals surface area contributed by atoms with Crippen molar-refractivity contribution in [3.63, 3.8) is 0 Å². The van der Waals surface area contributed by atoms with E-state index in [0.29, 0.717) is 18.8 Å². The van der Waals surface area contributed by atoms with Crippen molar-refractivity contribution < 1.29 is 24.5 Å². The Morgan fingerprint density at radius 2 is 1.09 bits per heavy atom. The number of aliphatic hydroxyl groups is 2. The highest BCUT2D eigenvalue weighted by Gasteiger charge is 2.16. The molecule has 0 aromatic heterocycles. The van der Waals surface area contributed by atoms with Crippen LogP contribution in [0, 0.1) is 11.3 Å². The zero-order valence-corrected chi connectivity index (χ0v) is 21.7. The summed E-state index contributed by atoms with van der Waals surface area (Å²) < 4.78 is 4.91. The molecule has 190 valence electrons. The Balaban J connectivity index is 3.52. The van der Waals surface area contributed by atoms with Gasteiger partial charge in [0, 0.05) is 12.8 Å². The summed E-state index contributed by atoms with van der Waals surface area (Å²) >= 11 is 0. The average Bonchev–Trinajstić information content (AvgIpc) is 2.64. The van der Waals surface area contributed by atoms with Crippen LogP contribution in [0.2, 0.25) is 0 Å². The SMILES string of the molecule is CC(C)CC(O)CCCCCCCC(=O)OC(=O)CCCCCCCC(O)CC(C)(C)C. The fourth-order valence-corrected chi connectivity index (χ4v) is 4.06. The molecule has 0 saturated carbocycles. The van der Waals surface area contributed by atoms with Crippen molar-refractivity contribution in [2.45, 2.75) is 150 Å². The predicted molar refractivity (Wildman–Crippen MR) is 131 cm³/mol. The van der Waals surface area contributed by atoms with Crippen LogP contribution in [0.4, 0.5) is 0 Å². The van der Waals surface area contributed by atoms with E-state index < -0.39 is 11.9 Å². The Bertz CT molecular complexity index is 481. The first kappa shape index (κ1) is 31.1. The molecule has 5 nitrogen and oxygen atoms in total. The van der Waals surface area contributed by atoms with Crippen LogP contribution in [0.5, 0.6) is 0 Å². The Kier molecular flexibility index (Phi) is 17.9. The smallest absolute Gasteiger partial charge is 0.313 e. The van der Waals surface area contributed by atoms with Crippen LogP contribution in [0.3, 0.4) is 0 Å². The van der Waals surface area contributed by atoms with Crippen LogP contribution >= 0.6 is 0 Å². The van der Waals surface area contributed by atoms with Gasteiger partial charge in [0.1, 0.15) is 0 Å². The van der Waals surface area contributed by atoms with Crippen molar-refractivity contribution in [1.82, 2.24) is 0 Å². The highest BCUT2D eigenvalue weighted by atomic mass is 16.6. The molecule has 0 amide bonds. The minimum Gasteiger partial charge on any atom is -0.393 e. The van der Waals surface area contributed by atoms with Gasteiger partial charge in [-0.05, 0) is 49.9 Å². The highest BCUT2D eigenvalue weighted by Crippen LogP contribution is 2.23. The van der Waals surface area contributed by atoms with Gasteiger partial charge in [0.05, 0.1) is 12.2 Å². The number of unbranched alkanes of at least 4 members (excludes halogenated alkanes) is 8. The third-order valence-corrected chi connectivity index (χ3v) is 5.66. The van der Waals surface area contributed by atoms with Crippen molar-refractivity contribution in [2.24, 2.45) is 11.3 Å². The average molecular weight is 457 g/mol. The lowest BCUT2D eigenvalue weighted by Gasteiger charge is -2.22. The first-order valence-corrected chi connectivity index (χ1v) is 13.1. The standard InChI is InChI=1S/C27H52O5/c1-22(2)20-23(28)16-12-8-6-10-14-18-25(30)32-26(31)19-15-11-7-9-13-17-24(29)21-27(3,4)5/h22-24,28-29H,6-21H2,1-5H3. The fraction of sp³-hybridized carbons (Fsp3) is 0.926. The maximum Gasteiger partial charge on any atom is 0.313 e. The highest BCUT2D eigenvalue weighted by molar-refractivity contribution is 5.85. The summed E-state index contributed by atoms with van der Waals surface area (Å²) in [6.07, 6.45) is 13.2. The second kappa shape index (κ2) is 18.5. The minimum atomic E-state index is -0.408. The molecule has 0 aliphatic rings. The van der Waals surface area contributed by atoms with Crippen molar-refractivity contribution in [3.05, 3.63) is 0 Å². The van der Waals surface area contributed by atoms with Crippen molar-refractivity contribution in [1.29, 1.82) is 0 Å². The largest absolute Gasteiger partial charge is 0.393 e. The Morgan fingerprint density at radius 3 is 1.53 bits per heavy atom. The monoisotopic (exact) mass is 456 g/mol. The zero-order chi connectivity index (χ0) is 24.4. The molecule has 5 heteroatoms. The molecule has 32 heavy (non-hydrogen) atoms. The summed E-state index contributed by atoms with van der Waals surface area (Å²) in [5.74, 6) is -0.285. The molecule has 0 radical (unpaired) electrons. The van der Waals surface area contributed by atoms with Crippen molar-refractivity contribution >= 4 is 11.9 Å². The molecule has 0 spiro atoms. The van der Waals surface area contributed by atoms with E-state index in [9.17, 15) is 19.8 Å².